The SMILES string of the molecule is CCOC.Nc1cccc(Br)c1. The van der Waals surface area contributed by atoms with Crippen LogP contribution in [-0.4, -0.2) is 13.7 Å². The molecule has 0 bridgehead atoms. The van der Waals surface area contributed by atoms with Crippen LogP contribution in [0.3, 0.4) is 0 Å². The van der Waals surface area contributed by atoms with Crippen LogP contribution in [0.1, 0.15) is 6.92 Å². The van der Waals surface area contributed by atoms with Crippen LogP contribution in [0.15, 0.2) is 28.7 Å². The summed E-state index contributed by atoms with van der Waals surface area (Å²) in [4.78, 5) is 0. The van der Waals surface area contributed by atoms with Gasteiger partial charge in [-0.1, -0.05) is 22.0 Å². The van der Waals surface area contributed by atoms with Gasteiger partial charge in [-0.05, 0) is 25.1 Å². The fraction of sp³-hybridized carbons (Fsp3) is 0.333. The molecule has 2 N–H and O–H groups in total. The Labute approximate surface area is 81.9 Å². The van der Waals surface area contributed by atoms with E-state index in [9.17, 15) is 0 Å². The molecular weight excluding hydrogens is 218 g/mol. The molecule has 0 heterocycles. The van der Waals surface area contributed by atoms with Crippen molar-refractivity contribution in [2.75, 3.05) is 19.5 Å². The Hall–Kier alpha value is -0.540. The first kappa shape index (κ1) is 11.5. The van der Waals surface area contributed by atoms with Crippen LogP contribution in [0, 0.1) is 0 Å². The summed E-state index contributed by atoms with van der Waals surface area (Å²) in [7, 11) is 1.68. The van der Waals surface area contributed by atoms with E-state index in [2.05, 4.69) is 20.7 Å². The Balaban J connectivity index is 0.000000261. The first-order valence-electron chi connectivity index (χ1n) is 3.70. The third kappa shape index (κ3) is 6.19. The lowest BCUT2D eigenvalue weighted by molar-refractivity contribution is 0.215. The van der Waals surface area contributed by atoms with Crippen molar-refractivity contribution < 1.29 is 4.74 Å². The van der Waals surface area contributed by atoms with Gasteiger partial charge >= 0.3 is 0 Å². The molecule has 0 fully saturated rings. The van der Waals surface area contributed by atoms with E-state index in [1.54, 1.807) is 7.11 Å². The highest BCUT2D eigenvalue weighted by atomic mass is 79.9. The number of ether oxygens (including phenoxy) is 1. The number of hydrogen-bond acceptors (Lipinski definition) is 2. The number of anilines is 1. The standard InChI is InChI=1S/C6H6BrN.C3H8O/c7-5-2-1-3-6(8)4-5;1-3-4-2/h1-4H,8H2;3H2,1-2H3. The van der Waals surface area contributed by atoms with Gasteiger partial charge in [0.1, 0.15) is 0 Å². The molecule has 2 nitrogen and oxygen atoms in total. The summed E-state index contributed by atoms with van der Waals surface area (Å²) in [6.45, 7) is 2.78. The summed E-state index contributed by atoms with van der Waals surface area (Å²) in [5.41, 5.74) is 6.22. The average molecular weight is 232 g/mol. The van der Waals surface area contributed by atoms with Gasteiger partial charge in [0.2, 0.25) is 0 Å². The molecule has 0 aliphatic rings. The highest BCUT2D eigenvalue weighted by molar-refractivity contribution is 9.10. The molecule has 0 unspecified atom stereocenters. The molecule has 0 aliphatic heterocycles. The van der Waals surface area contributed by atoms with E-state index in [1.807, 2.05) is 31.2 Å². The van der Waals surface area contributed by atoms with Crippen molar-refractivity contribution in [3.63, 3.8) is 0 Å². The minimum absolute atomic E-state index is 0.791. The first-order chi connectivity index (χ1) is 5.70. The maximum Gasteiger partial charge on any atom is 0.0433 e. The Kier molecular flexibility index (Phi) is 6.81. The van der Waals surface area contributed by atoms with E-state index in [0.29, 0.717) is 0 Å². The zero-order chi connectivity index (χ0) is 9.40. The van der Waals surface area contributed by atoms with Gasteiger partial charge in [-0.2, -0.15) is 0 Å². The first-order valence-corrected chi connectivity index (χ1v) is 4.50. The molecule has 0 amide bonds. The predicted molar refractivity (Wildman–Crippen MR) is 56.1 cm³/mol. The molecule has 0 aliphatic carbocycles. The molecule has 1 rings (SSSR count). The van der Waals surface area contributed by atoms with Crippen LogP contribution in [0.5, 0.6) is 0 Å². The Bertz CT molecular complexity index is 196. The minimum atomic E-state index is 0.791. The summed E-state index contributed by atoms with van der Waals surface area (Å²) in [6, 6.07) is 7.56. The molecule has 0 saturated heterocycles. The van der Waals surface area contributed by atoms with Crippen molar-refractivity contribution in [3.8, 4) is 0 Å². The predicted octanol–water partition coefficient (Wildman–Crippen LogP) is 2.68. The average Bonchev–Trinajstić information content (AvgIpc) is 2.04. The van der Waals surface area contributed by atoms with E-state index in [0.717, 1.165) is 16.8 Å². The number of halogens is 1. The largest absolute Gasteiger partial charge is 0.399 e. The van der Waals surface area contributed by atoms with Gasteiger partial charge in [-0.25, -0.2) is 0 Å². The van der Waals surface area contributed by atoms with Crippen LogP contribution >= 0.6 is 15.9 Å². The second-order valence-corrected chi connectivity index (χ2v) is 3.05. The molecule has 68 valence electrons. The number of rotatable bonds is 1. The lowest BCUT2D eigenvalue weighted by Gasteiger charge is -1.89. The van der Waals surface area contributed by atoms with Gasteiger partial charge in [-0.3, -0.25) is 0 Å². The van der Waals surface area contributed by atoms with E-state index in [1.165, 1.54) is 0 Å². The molecule has 0 radical (unpaired) electrons. The van der Waals surface area contributed by atoms with Gasteiger partial charge < -0.3 is 10.5 Å². The number of benzene rings is 1. The molecule has 3 heteroatoms. The van der Waals surface area contributed by atoms with Crippen LogP contribution in [0.2, 0.25) is 0 Å². The highest BCUT2D eigenvalue weighted by Gasteiger charge is 1.82. The topological polar surface area (TPSA) is 35.2 Å². The van der Waals surface area contributed by atoms with Crippen molar-refractivity contribution in [2.24, 2.45) is 0 Å². The van der Waals surface area contributed by atoms with Crippen molar-refractivity contribution in [1.82, 2.24) is 0 Å². The van der Waals surface area contributed by atoms with Gasteiger partial charge in [0.25, 0.3) is 0 Å². The van der Waals surface area contributed by atoms with Gasteiger partial charge in [-0.15, -0.1) is 0 Å². The third-order valence-electron chi connectivity index (χ3n) is 1.14. The molecule has 1 aromatic rings. The number of methoxy groups -OCH3 is 1. The molecule has 0 atom stereocenters. The Morgan fingerprint density at radius 3 is 2.33 bits per heavy atom. The van der Waals surface area contributed by atoms with Crippen molar-refractivity contribution in [2.45, 2.75) is 6.92 Å². The quantitative estimate of drug-likeness (QED) is 0.755. The zero-order valence-electron chi connectivity index (χ0n) is 7.38. The molecule has 12 heavy (non-hydrogen) atoms. The molecular formula is C9H14BrNO. The fourth-order valence-corrected chi connectivity index (χ4v) is 0.924. The third-order valence-corrected chi connectivity index (χ3v) is 1.63. The van der Waals surface area contributed by atoms with Gasteiger partial charge in [0.05, 0.1) is 0 Å². The number of hydrogen-bond donors (Lipinski definition) is 1. The van der Waals surface area contributed by atoms with Gasteiger partial charge in [0.15, 0.2) is 0 Å². The summed E-state index contributed by atoms with van der Waals surface area (Å²) in [5.74, 6) is 0. The monoisotopic (exact) mass is 231 g/mol. The minimum Gasteiger partial charge on any atom is -0.399 e. The summed E-state index contributed by atoms with van der Waals surface area (Å²) < 4.78 is 5.57. The highest BCUT2D eigenvalue weighted by Crippen LogP contribution is 2.11. The normalized spacial score (nSPS) is 8.58. The van der Waals surface area contributed by atoms with Crippen LogP contribution < -0.4 is 5.73 Å². The molecule has 0 spiro atoms. The van der Waals surface area contributed by atoms with E-state index in [4.69, 9.17) is 5.73 Å². The van der Waals surface area contributed by atoms with E-state index < -0.39 is 0 Å². The fourth-order valence-electron chi connectivity index (χ4n) is 0.507. The smallest absolute Gasteiger partial charge is 0.0433 e. The van der Waals surface area contributed by atoms with Crippen molar-refractivity contribution in [3.05, 3.63) is 28.7 Å². The van der Waals surface area contributed by atoms with Crippen molar-refractivity contribution in [1.29, 1.82) is 0 Å². The Morgan fingerprint density at radius 2 is 2.08 bits per heavy atom. The molecule has 0 saturated carbocycles. The lowest BCUT2D eigenvalue weighted by atomic mass is 10.3. The van der Waals surface area contributed by atoms with Crippen molar-refractivity contribution >= 4 is 21.6 Å². The summed E-state index contributed by atoms with van der Waals surface area (Å²) in [5, 5.41) is 0. The maximum atomic E-state index is 5.43. The number of nitrogens with two attached hydrogens (primary N) is 1. The van der Waals surface area contributed by atoms with Gasteiger partial charge in [0, 0.05) is 23.9 Å². The molecule has 0 aromatic heterocycles. The zero-order valence-corrected chi connectivity index (χ0v) is 8.97. The van der Waals surface area contributed by atoms with E-state index in [-0.39, 0.29) is 0 Å². The second-order valence-electron chi connectivity index (χ2n) is 2.13. The summed E-state index contributed by atoms with van der Waals surface area (Å²) in [6.07, 6.45) is 0. The lowest BCUT2D eigenvalue weighted by Crippen LogP contribution is -1.80. The molecule has 1 aromatic carbocycles. The summed E-state index contributed by atoms with van der Waals surface area (Å²) >= 11 is 3.28. The van der Waals surface area contributed by atoms with E-state index >= 15 is 0 Å². The number of nitrogen functional groups attached to an aromatic ring is 1. The second kappa shape index (κ2) is 7.13. The maximum absolute atomic E-state index is 5.43. The van der Waals surface area contributed by atoms with Crippen LogP contribution in [0.4, 0.5) is 5.69 Å². The van der Waals surface area contributed by atoms with Crippen LogP contribution in [0.25, 0.3) is 0 Å². The van der Waals surface area contributed by atoms with Crippen LogP contribution in [-0.2, 0) is 4.74 Å². The Morgan fingerprint density at radius 1 is 1.50 bits per heavy atom.